The molecule has 2 aromatic rings. The molecule has 1 aliphatic heterocycles. The first-order valence-corrected chi connectivity index (χ1v) is 8.70. The van der Waals surface area contributed by atoms with Crippen molar-refractivity contribution in [3.05, 3.63) is 39.9 Å². The number of halogens is 1. The van der Waals surface area contributed by atoms with Gasteiger partial charge in [-0.15, -0.1) is 0 Å². The number of benzene rings is 1. The first kappa shape index (κ1) is 18.4. The molecule has 1 aromatic heterocycles. The molecule has 0 aliphatic carbocycles. The fourth-order valence-corrected chi connectivity index (χ4v) is 3.44. The Morgan fingerprint density at radius 3 is 2.62 bits per heavy atom. The van der Waals surface area contributed by atoms with Crippen molar-refractivity contribution in [1.29, 1.82) is 0 Å². The van der Waals surface area contributed by atoms with Gasteiger partial charge in [-0.25, -0.2) is 9.18 Å². The number of nitrogens with zero attached hydrogens (tertiary/aromatic N) is 2. The average Bonchev–Trinajstić information content (AvgIpc) is 2.53. The highest BCUT2D eigenvalue weighted by molar-refractivity contribution is 5.93. The molecule has 1 aromatic carbocycles. The van der Waals surface area contributed by atoms with Crippen LogP contribution in [0.1, 0.15) is 38.1 Å². The number of nitrogens with one attached hydrogen (secondary N) is 1. The number of anilines is 1. The minimum absolute atomic E-state index is 0.0873. The SMILES string of the molecule is C[C@@H]1CN(c2cc3c(cc2F)c(=O)c(C(=O)O)cn3C(C)(C)C)CCN1. The van der Waals surface area contributed by atoms with E-state index >= 15 is 0 Å². The van der Waals surface area contributed by atoms with Crippen LogP contribution >= 0.6 is 0 Å². The van der Waals surface area contributed by atoms with E-state index in [9.17, 15) is 19.1 Å². The second-order valence-electron chi connectivity index (χ2n) is 7.84. The summed E-state index contributed by atoms with van der Waals surface area (Å²) in [5.41, 5.74) is -0.508. The number of fused-ring (bicyclic) bond motifs is 1. The summed E-state index contributed by atoms with van der Waals surface area (Å²) in [5, 5.41) is 12.8. The molecule has 3 rings (SSSR count). The van der Waals surface area contributed by atoms with Crippen molar-refractivity contribution in [2.24, 2.45) is 0 Å². The van der Waals surface area contributed by atoms with Crippen molar-refractivity contribution in [1.82, 2.24) is 9.88 Å². The molecule has 2 heterocycles. The van der Waals surface area contributed by atoms with Gasteiger partial charge >= 0.3 is 5.97 Å². The van der Waals surface area contributed by atoms with Crippen LogP contribution in [0.15, 0.2) is 23.1 Å². The van der Waals surface area contributed by atoms with Crippen molar-refractivity contribution in [2.45, 2.75) is 39.3 Å². The summed E-state index contributed by atoms with van der Waals surface area (Å²) in [4.78, 5) is 26.0. The van der Waals surface area contributed by atoms with Crippen molar-refractivity contribution >= 4 is 22.6 Å². The third kappa shape index (κ3) is 3.19. The maximum atomic E-state index is 14.8. The average molecular weight is 361 g/mol. The van der Waals surface area contributed by atoms with Gasteiger partial charge in [0.05, 0.1) is 11.2 Å². The quantitative estimate of drug-likeness (QED) is 0.859. The Balaban J connectivity index is 2.30. The largest absolute Gasteiger partial charge is 0.477 e. The first-order valence-electron chi connectivity index (χ1n) is 8.70. The Morgan fingerprint density at radius 2 is 2.04 bits per heavy atom. The summed E-state index contributed by atoms with van der Waals surface area (Å²) in [7, 11) is 0. The molecule has 0 saturated carbocycles. The molecule has 0 unspecified atom stereocenters. The standard InChI is InChI=1S/C19H24FN3O3/c1-11-9-22(6-5-21-11)16-8-15-12(7-14(16)20)17(24)13(18(25)26)10-23(15)19(2,3)4/h7-8,10-11,21H,5-6,9H2,1-4H3,(H,25,26)/t11-/m1/s1. The molecular weight excluding hydrogens is 337 g/mol. The molecule has 7 heteroatoms. The molecule has 6 nitrogen and oxygen atoms in total. The molecule has 0 radical (unpaired) electrons. The molecular formula is C19H24FN3O3. The van der Waals surface area contributed by atoms with Gasteiger partial charge in [0.1, 0.15) is 11.4 Å². The lowest BCUT2D eigenvalue weighted by Gasteiger charge is -2.34. The number of aromatic nitrogens is 1. The highest BCUT2D eigenvalue weighted by Crippen LogP contribution is 2.29. The molecule has 1 atom stereocenters. The fraction of sp³-hybridized carbons (Fsp3) is 0.474. The number of rotatable bonds is 2. The normalized spacial score (nSPS) is 18.3. The molecule has 0 spiro atoms. The lowest BCUT2D eigenvalue weighted by molar-refractivity contribution is 0.0694. The van der Waals surface area contributed by atoms with Gasteiger partial charge in [0, 0.05) is 42.8 Å². The van der Waals surface area contributed by atoms with Gasteiger partial charge in [-0.05, 0) is 39.8 Å². The smallest absolute Gasteiger partial charge is 0.341 e. The van der Waals surface area contributed by atoms with Crippen molar-refractivity contribution in [3.63, 3.8) is 0 Å². The van der Waals surface area contributed by atoms with Crippen LogP contribution in [-0.2, 0) is 5.54 Å². The van der Waals surface area contributed by atoms with Gasteiger partial charge in [0.15, 0.2) is 0 Å². The van der Waals surface area contributed by atoms with E-state index < -0.39 is 22.8 Å². The van der Waals surface area contributed by atoms with Crippen LogP contribution in [0.5, 0.6) is 0 Å². The zero-order valence-electron chi connectivity index (χ0n) is 15.5. The maximum Gasteiger partial charge on any atom is 0.341 e. The minimum atomic E-state index is -1.31. The summed E-state index contributed by atoms with van der Waals surface area (Å²) in [5.74, 6) is -1.82. The van der Waals surface area contributed by atoms with Gasteiger partial charge in [-0.3, -0.25) is 4.79 Å². The van der Waals surface area contributed by atoms with E-state index in [0.717, 1.165) is 6.54 Å². The van der Waals surface area contributed by atoms with E-state index in [1.165, 1.54) is 12.3 Å². The summed E-state index contributed by atoms with van der Waals surface area (Å²) in [6.45, 7) is 9.86. The third-order valence-electron chi connectivity index (χ3n) is 4.73. The minimum Gasteiger partial charge on any atom is -0.477 e. The Bertz CT molecular complexity index is 930. The Hall–Kier alpha value is -2.41. The van der Waals surface area contributed by atoms with Crippen molar-refractivity contribution in [3.8, 4) is 0 Å². The monoisotopic (exact) mass is 361 g/mol. The topological polar surface area (TPSA) is 74.6 Å². The number of carboxylic acids is 1. The van der Waals surface area contributed by atoms with Crippen LogP contribution in [0.25, 0.3) is 10.9 Å². The van der Waals surface area contributed by atoms with Crippen LogP contribution in [0, 0.1) is 5.82 Å². The predicted octanol–water partition coefficient (Wildman–Crippen LogP) is 2.39. The van der Waals surface area contributed by atoms with Gasteiger partial charge in [0.2, 0.25) is 5.43 Å². The van der Waals surface area contributed by atoms with Gasteiger partial charge in [-0.2, -0.15) is 0 Å². The van der Waals surface area contributed by atoms with E-state index in [1.807, 2.05) is 32.6 Å². The lowest BCUT2D eigenvalue weighted by Crippen LogP contribution is -2.49. The first-order chi connectivity index (χ1) is 12.1. The van der Waals surface area contributed by atoms with Crippen LogP contribution in [0.4, 0.5) is 10.1 Å². The van der Waals surface area contributed by atoms with Gasteiger partial charge < -0.3 is 19.9 Å². The second-order valence-corrected chi connectivity index (χ2v) is 7.84. The number of piperazine rings is 1. The molecule has 140 valence electrons. The van der Waals surface area contributed by atoms with Crippen LogP contribution < -0.4 is 15.6 Å². The summed E-state index contributed by atoms with van der Waals surface area (Å²) < 4.78 is 16.6. The molecule has 2 N–H and O–H groups in total. The number of hydrogen-bond acceptors (Lipinski definition) is 4. The highest BCUT2D eigenvalue weighted by Gasteiger charge is 2.25. The van der Waals surface area contributed by atoms with Crippen LogP contribution in [0.2, 0.25) is 0 Å². The van der Waals surface area contributed by atoms with Crippen LogP contribution in [-0.4, -0.2) is 41.3 Å². The number of pyridine rings is 1. The predicted molar refractivity (Wildman–Crippen MR) is 99.8 cm³/mol. The van der Waals surface area contributed by atoms with Gasteiger partial charge in [0.25, 0.3) is 0 Å². The summed E-state index contributed by atoms with van der Waals surface area (Å²) in [6, 6.07) is 3.08. The molecule has 1 aliphatic rings. The maximum absolute atomic E-state index is 14.8. The van der Waals surface area contributed by atoms with Gasteiger partial charge in [-0.1, -0.05) is 0 Å². The summed E-state index contributed by atoms with van der Waals surface area (Å²) in [6.07, 6.45) is 1.36. The van der Waals surface area contributed by atoms with Crippen molar-refractivity contribution < 1.29 is 14.3 Å². The fourth-order valence-electron chi connectivity index (χ4n) is 3.44. The molecule has 0 amide bonds. The number of carboxylic acid groups (broad SMARTS) is 1. The van der Waals surface area contributed by atoms with E-state index in [0.29, 0.717) is 24.3 Å². The molecule has 1 fully saturated rings. The lowest BCUT2D eigenvalue weighted by atomic mass is 10.0. The van der Waals surface area contributed by atoms with Crippen LogP contribution in [0.3, 0.4) is 0 Å². The third-order valence-corrected chi connectivity index (χ3v) is 4.73. The van der Waals surface area contributed by atoms with Crippen molar-refractivity contribution in [2.75, 3.05) is 24.5 Å². The highest BCUT2D eigenvalue weighted by atomic mass is 19.1. The Kier molecular flexibility index (Phi) is 4.52. The zero-order chi connectivity index (χ0) is 19.2. The Labute approximate surface area is 151 Å². The van der Waals surface area contributed by atoms with E-state index in [2.05, 4.69) is 5.32 Å². The second kappa shape index (κ2) is 6.39. The molecule has 1 saturated heterocycles. The number of aromatic carboxylic acids is 1. The molecule has 0 bridgehead atoms. The summed E-state index contributed by atoms with van der Waals surface area (Å²) >= 11 is 0. The zero-order valence-corrected chi connectivity index (χ0v) is 15.5. The van der Waals surface area contributed by atoms with E-state index in [4.69, 9.17) is 0 Å². The van der Waals surface area contributed by atoms with E-state index in [1.54, 1.807) is 10.6 Å². The number of carbonyl (C=O) groups is 1. The van der Waals surface area contributed by atoms with E-state index in [-0.39, 0.29) is 17.0 Å². The number of hydrogen-bond donors (Lipinski definition) is 2. The Morgan fingerprint density at radius 1 is 1.35 bits per heavy atom. The molecule has 26 heavy (non-hydrogen) atoms.